The first kappa shape index (κ1) is 16.0. The van der Waals surface area contributed by atoms with Gasteiger partial charge in [-0.05, 0) is 43.0 Å². The van der Waals surface area contributed by atoms with Crippen LogP contribution < -0.4 is 4.74 Å². The third-order valence-corrected chi connectivity index (χ3v) is 4.54. The van der Waals surface area contributed by atoms with Gasteiger partial charge in [-0.1, -0.05) is 48.5 Å². The van der Waals surface area contributed by atoms with Crippen LogP contribution in [0.1, 0.15) is 23.5 Å². The van der Waals surface area contributed by atoms with Gasteiger partial charge in [-0.25, -0.2) is 0 Å². The summed E-state index contributed by atoms with van der Waals surface area (Å²) in [6.45, 7) is 5.10. The summed E-state index contributed by atoms with van der Waals surface area (Å²) in [5.74, 6) is 1.44. The number of likely N-dealkylation sites (tertiary alicyclic amines) is 1. The fourth-order valence-corrected chi connectivity index (χ4v) is 3.25. The van der Waals surface area contributed by atoms with Crippen molar-refractivity contribution in [3.63, 3.8) is 0 Å². The molecule has 0 aromatic heterocycles. The lowest BCUT2D eigenvalue weighted by molar-refractivity contribution is 0.0752. The van der Waals surface area contributed by atoms with Gasteiger partial charge in [0.25, 0.3) is 0 Å². The van der Waals surface area contributed by atoms with Crippen LogP contribution in [0.25, 0.3) is 0 Å². The Morgan fingerprint density at radius 1 is 1.13 bits per heavy atom. The Hall–Kier alpha value is -1.84. The fourth-order valence-electron chi connectivity index (χ4n) is 3.25. The number of β-amino-alcohol motifs (C(OH)–C–C–N with tert-alkyl or cyclic N) is 1. The Labute approximate surface area is 138 Å². The molecule has 2 atom stereocenters. The van der Waals surface area contributed by atoms with E-state index in [0.29, 0.717) is 19.1 Å². The summed E-state index contributed by atoms with van der Waals surface area (Å²) in [5, 5.41) is 10.3. The van der Waals surface area contributed by atoms with Crippen LogP contribution in [0.4, 0.5) is 0 Å². The zero-order chi connectivity index (χ0) is 16.1. The van der Waals surface area contributed by atoms with E-state index in [0.717, 1.165) is 30.8 Å². The Balaban J connectivity index is 1.46. The highest BCUT2D eigenvalue weighted by atomic mass is 16.5. The molecule has 1 heterocycles. The van der Waals surface area contributed by atoms with Crippen LogP contribution in [0.2, 0.25) is 0 Å². The van der Waals surface area contributed by atoms with E-state index >= 15 is 0 Å². The van der Waals surface area contributed by atoms with E-state index in [4.69, 9.17) is 4.74 Å². The zero-order valence-electron chi connectivity index (χ0n) is 13.7. The second kappa shape index (κ2) is 7.62. The lowest BCUT2D eigenvalue weighted by Gasteiger charge is -2.21. The smallest absolute Gasteiger partial charge is 0.122 e. The number of aryl methyl sites for hydroxylation is 1. The molecule has 1 aliphatic rings. The summed E-state index contributed by atoms with van der Waals surface area (Å²) in [6, 6.07) is 18.6. The van der Waals surface area contributed by atoms with E-state index in [1.54, 1.807) is 0 Å². The first-order valence-electron chi connectivity index (χ1n) is 8.36. The Bertz CT molecular complexity index is 614. The molecule has 3 nitrogen and oxygen atoms in total. The maximum Gasteiger partial charge on any atom is 0.122 e. The van der Waals surface area contributed by atoms with Crippen LogP contribution in [0, 0.1) is 6.92 Å². The van der Waals surface area contributed by atoms with Gasteiger partial charge >= 0.3 is 0 Å². The second-order valence-corrected chi connectivity index (χ2v) is 6.39. The summed E-state index contributed by atoms with van der Waals surface area (Å²) < 4.78 is 5.74. The van der Waals surface area contributed by atoms with Crippen molar-refractivity contribution in [2.24, 2.45) is 0 Å². The molecule has 1 saturated heterocycles. The molecule has 1 N–H and O–H groups in total. The standard InChI is InChI=1S/C20H25NO2/c1-16-7-5-6-10-20(16)23-15-19(22)14-21-12-11-18(13-21)17-8-3-2-4-9-17/h2-10,18-19,22H,11-15H2,1H3/t18-,19-/m0/s1. The van der Waals surface area contributed by atoms with Gasteiger partial charge in [-0.15, -0.1) is 0 Å². The minimum Gasteiger partial charge on any atom is -0.491 e. The van der Waals surface area contributed by atoms with Gasteiger partial charge in [-0.3, -0.25) is 0 Å². The molecular formula is C20H25NO2. The molecular weight excluding hydrogens is 286 g/mol. The predicted molar refractivity (Wildman–Crippen MR) is 92.9 cm³/mol. The molecule has 1 fully saturated rings. The fraction of sp³-hybridized carbons (Fsp3) is 0.400. The minimum absolute atomic E-state index is 0.345. The van der Waals surface area contributed by atoms with Gasteiger partial charge in [0.1, 0.15) is 18.5 Å². The van der Waals surface area contributed by atoms with Gasteiger partial charge in [0, 0.05) is 13.1 Å². The summed E-state index contributed by atoms with van der Waals surface area (Å²) in [5.41, 5.74) is 2.51. The van der Waals surface area contributed by atoms with Crippen LogP contribution in [-0.2, 0) is 0 Å². The van der Waals surface area contributed by atoms with Crippen molar-refractivity contribution in [2.45, 2.75) is 25.4 Å². The van der Waals surface area contributed by atoms with Gasteiger partial charge in [0.2, 0.25) is 0 Å². The van der Waals surface area contributed by atoms with Crippen molar-refractivity contribution in [1.29, 1.82) is 0 Å². The van der Waals surface area contributed by atoms with Gasteiger partial charge in [0.15, 0.2) is 0 Å². The van der Waals surface area contributed by atoms with E-state index in [1.807, 2.05) is 31.2 Å². The monoisotopic (exact) mass is 311 g/mol. The van der Waals surface area contributed by atoms with E-state index < -0.39 is 6.10 Å². The van der Waals surface area contributed by atoms with E-state index in [1.165, 1.54) is 5.56 Å². The third kappa shape index (κ3) is 4.34. The molecule has 23 heavy (non-hydrogen) atoms. The number of aliphatic hydroxyl groups excluding tert-OH is 1. The maximum atomic E-state index is 10.3. The van der Waals surface area contributed by atoms with E-state index in [-0.39, 0.29) is 0 Å². The highest BCUT2D eigenvalue weighted by Crippen LogP contribution is 2.27. The Morgan fingerprint density at radius 2 is 1.87 bits per heavy atom. The van der Waals surface area contributed by atoms with Crippen molar-refractivity contribution < 1.29 is 9.84 Å². The molecule has 122 valence electrons. The lowest BCUT2D eigenvalue weighted by atomic mass is 9.99. The van der Waals surface area contributed by atoms with Crippen molar-refractivity contribution >= 4 is 0 Å². The van der Waals surface area contributed by atoms with Gasteiger partial charge in [-0.2, -0.15) is 0 Å². The molecule has 0 spiro atoms. The predicted octanol–water partition coefficient (Wildman–Crippen LogP) is 3.22. The SMILES string of the molecule is Cc1ccccc1OC[C@@H](O)CN1CC[C@H](c2ccccc2)C1. The number of ether oxygens (including phenoxy) is 1. The Kier molecular flexibility index (Phi) is 5.31. The number of para-hydroxylation sites is 1. The number of aliphatic hydroxyl groups is 1. The largest absolute Gasteiger partial charge is 0.491 e. The van der Waals surface area contributed by atoms with Crippen LogP contribution in [0.15, 0.2) is 54.6 Å². The zero-order valence-corrected chi connectivity index (χ0v) is 13.7. The summed E-state index contributed by atoms with van der Waals surface area (Å²) in [7, 11) is 0. The molecule has 0 amide bonds. The Morgan fingerprint density at radius 3 is 2.65 bits per heavy atom. The molecule has 0 aliphatic carbocycles. The van der Waals surface area contributed by atoms with Crippen molar-refractivity contribution in [3.8, 4) is 5.75 Å². The molecule has 2 aromatic carbocycles. The second-order valence-electron chi connectivity index (χ2n) is 6.39. The van der Waals surface area contributed by atoms with Crippen molar-refractivity contribution in [3.05, 3.63) is 65.7 Å². The minimum atomic E-state index is -0.455. The van der Waals surface area contributed by atoms with Crippen molar-refractivity contribution in [2.75, 3.05) is 26.2 Å². The lowest BCUT2D eigenvalue weighted by Crippen LogP contribution is -2.34. The number of hydrogen-bond donors (Lipinski definition) is 1. The average molecular weight is 311 g/mol. The molecule has 0 unspecified atom stereocenters. The van der Waals surface area contributed by atoms with E-state index in [9.17, 15) is 5.11 Å². The quantitative estimate of drug-likeness (QED) is 0.889. The summed E-state index contributed by atoms with van der Waals surface area (Å²) >= 11 is 0. The number of benzene rings is 2. The van der Waals surface area contributed by atoms with E-state index in [2.05, 4.69) is 35.2 Å². The topological polar surface area (TPSA) is 32.7 Å². The highest BCUT2D eigenvalue weighted by molar-refractivity contribution is 5.31. The summed E-state index contributed by atoms with van der Waals surface area (Å²) in [4.78, 5) is 2.34. The van der Waals surface area contributed by atoms with Gasteiger partial charge < -0.3 is 14.7 Å². The normalized spacial score (nSPS) is 19.7. The molecule has 0 bridgehead atoms. The molecule has 3 heteroatoms. The molecule has 1 aliphatic heterocycles. The number of rotatable bonds is 6. The van der Waals surface area contributed by atoms with Crippen LogP contribution in [0.5, 0.6) is 5.75 Å². The van der Waals surface area contributed by atoms with Crippen molar-refractivity contribution in [1.82, 2.24) is 4.90 Å². The maximum absolute atomic E-state index is 10.3. The highest BCUT2D eigenvalue weighted by Gasteiger charge is 2.25. The molecule has 0 radical (unpaired) electrons. The number of hydrogen-bond acceptors (Lipinski definition) is 3. The van der Waals surface area contributed by atoms with Crippen LogP contribution in [0.3, 0.4) is 0 Å². The average Bonchev–Trinajstić information content (AvgIpc) is 3.03. The van der Waals surface area contributed by atoms with Crippen LogP contribution in [-0.4, -0.2) is 42.4 Å². The summed E-state index contributed by atoms with van der Waals surface area (Å²) in [6.07, 6.45) is 0.708. The van der Waals surface area contributed by atoms with Gasteiger partial charge in [0.05, 0.1) is 0 Å². The first-order chi connectivity index (χ1) is 11.2. The number of nitrogens with zero attached hydrogens (tertiary/aromatic N) is 1. The first-order valence-corrected chi connectivity index (χ1v) is 8.36. The molecule has 3 rings (SSSR count). The molecule has 2 aromatic rings. The molecule has 0 saturated carbocycles. The third-order valence-electron chi connectivity index (χ3n) is 4.54. The van der Waals surface area contributed by atoms with Crippen LogP contribution >= 0.6 is 0 Å².